The SMILES string of the molecule is O=C(Nc1cccc(Cl)c1)c1ccc2nc(-c3ccccc3C(F)(F)F)[nH]c2c1. The summed E-state index contributed by atoms with van der Waals surface area (Å²) in [5, 5.41) is 3.21. The van der Waals surface area contributed by atoms with Gasteiger partial charge in [0.2, 0.25) is 0 Å². The van der Waals surface area contributed by atoms with E-state index in [1.54, 1.807) is 42.5 Å². The third-order valence-electron chi connectivity index (χ3n) is 4.31. The van der Waals surface area contributed by atoms with Crippen molar-refractivity contribution < 1.29 is 18.0 Å². The number of anilines is 1. The summed E-state index contributed by atoms with van der Waals surface area (Å²) in [4.78, 5) is 19.6. The summed E-state index contributed by atoms with van der Waals surface area (Å²) in [6.07, 6.45) is -4.50. The Morgan fingerprint density at radius 1 is 1.00 bits per heavy atom. The van der Waals surface area contributed by atoms with E-state index in [1.165, 1.54) is 18.2 Å². The normalized spacial score (nSPS) is 11.6. The zero-order chi connectivity index (χ0) is 20.6. The largest absolute Gasteiger partial charge is 0.417 e. The molecule has 0 bridgehead atoms. The van der Waals surface area contributed by atoms with Crippen molar-refractivity contribution in [2.45, 2.75) is 6.18 Å². The maximum Gasteiger partial charge on any atom is 0.417 e. The van der Waals surface area contributed by atoms with Crippen molar-refractivity contribution in [3.05, 3.63) is 82.9 Å². The van der Waals surface area contributed by atoms with E-state index >= 15 is 0 Å². The van der Waals surface area contributed by atoms with Gasteiger partial charge >= 0.3 is 6.18 Å². The van der Waals surface area contributed by atoms with E-state index in [0.29, 0.717) is 27.3 Å². The highest BCUT2D eigenvalue weighted by Gasteiger charge is 2.34. The average molecular weight is 416 g/mol. The van der Waals surface area contributed by atoms with Gasteiger partial charge in [0.1, 0.15) is 5.82 Å². The smallest absolute Gasteiger partial charge is 0.338 e. The van der Waals surface area contributed by atoms with Crippen molar-refractivity contribution in [1.82, 2.24) is 9.97 Å². The second kappa shape index (κ2) is 7.25. The molecule has 1 amide bonds. The van der Waals surface area contributed by atoms with Gasteiger partial charge in [0.25, 0.3) is 5.91 Å². The number of benzene rings is 3. The number of fused-ring (bicyclic) bond motifs is 1. The fourth-order valence-electron chi connectivity index (χ4n) is 2.98. The van der Waals surface area contributed by atoms with Gasteiger partial charge in [-0.1, -0.05) is 35.9 Å². The summed E-state index contributed by atoms with van der Waals surface area (Å²) < 4.78 is 39.9. The molecule has 0 unspecified atom stereocenters. The Bertz CT molecular complexity index is 1220. The molecule has 0 aliphatic heterocycles. The highest BCUT2D eigenvalue weighted by molar-refractivity contribution is 6.31. The van der Waals surface area contributed by atoms with Crippen LogP contribution in [0.2, 0.25) is 5.02 Å². The van der Waals surface area contributed by atoms with Gasteiger partial charge in [-0.05, 0) is 42.5 Å². The molecule has 0 saturated heterocycles. The predicted octanol–water partition coefficient (Wildman–Crippen LogP) is 6.15. The third kappa shape index (κ3) is 3.95. The number of H-pyrrole nitrogens is 1. The monoisotopic (exact) mass is 415 g/mol. The van der Waals surface area contributed by atoms with Gasteiger partial charge in [-0.25, -0.2) is 4.98 Å². The summed E-state index contributed by atoms with van der Waals surface area (Å²) in [6, 6.07) is 16.6. The van der Waals surface area contributed by atoms with Crippen molar-refractivity contribution in [1.29, 1.82) is 0 Å². The number of aromatic nitrogens is 2. The number of hydrogen-bond donors (Lipinski definition) is 2. The lowest BCUT2D eigenvalue weighted by Crippen LogP contribution is -2.11. The summed E-state index contributed by atoms with van der Waals surface area (Å²) in [6.45, 7) is 0. The Labute approximate surface area is 168 Å². The van der Waals surface area contributed by atoms with Gasteiger partial charge in [-0.15, -0.1) is 0 Å². The van der Waals surface area contributed by atoms with Gasteiger partial charge in [0, 0.05) is 21.8 Å². The Balaban J connectivity index is 1.68. The van der Waals surface area contributed by atoms with Crippen molar-refractivity contribution in [2.75, 3.05) is 5.32 Å². The lowest BCUT2D eigenvalue weighted by molar-refractivity contribution is -0.137. The minimum atomic E-state index is -4.50. The van der Waals surface area contributed by atoms with Crippen LogP contribution >= 0.6 is 11.6 Å². The van der Waals surface area contributed by atoms with Crippen LogP contribution in [0, 0.1) is 0 Å². The van der Waals surface area contributed by atoms with E-state index < -0.39 is 11.7 Å². The first kappa shape index (κ1) is 19.0. The molecule has 0 fully saturated rings. The fourth-order valence-corrected chi connectivity index (χ4v) is 3.18. The molecule has 4 nitrogen and oxygen atoms in total. The van der Waals surface area contributed by atoms with E-state index in [0.717, 1.165) is 6.07 Å². The highest BCUT2D eigenvalue weighted by Crippen LogP contribution is 2.36. The molecular formula is C21H13ClF3N3O. The summed E-state index contributed by atoms with van der Waals surface area (Å²) in [7, 11) is 0. The number of nitrogens with one attached hydrogen (secondary N) is 2. The molecule has 0 saturated carbocycles. The zero-order valence-electron chi connectivity index (χ0n) is 14.7. The average Bonchev–Trinajstić information content (AvgIpc) is 3.10. The van der Waals surface area contributed by atoms with E-state index in [4.69, 9.17) is 11.6 Å². The molecule has 29 heavy (non-hydrogen) atoms. The number of carbonyl (C=O) groups is 1. The Hall–Kier alpha value is -3.32. The Morgan fingerprint density at radius 3 is 2.55 bits per heavy atom. The third-order valence-corrected chi connectivity index (χ3v) is 4.55. The summed E-state index contributed by atoms with van der Waals surface area (Å²) in [5.41, 5.74) is 0.940. The number of alkyl halides is 3. The van der Waals surface area contributed by atoms with E-state index in [1.807, 2.05) is 0 Å². The second-order valence-corrected chi connectivity index (χ2v) is 6.76. The van der Waals surface area contributed by atoms with Gasteiger partial charge in [-0.3, -0.25) is 4.79 Å². The number of aromatic amines is 1. The summed E-state index contributed by atoms with van der Waals surface area (Å²) in [5.74, 6) is -0.290. The molecule has 1 aromatic heterocycles. The number of halogens is 4. The van der Waals surface area contributed by atoms with Crippen LogP contribution in [0.25, 0.3) is 22.4 Å². The van der Waals surface area contributed by atoms with E-state index in [9.17, 15) is 18.0 Å². The van der Waals surface area contributed by atoms with Crippen molar-refractivity contribution in [3.8, 4) is 11.4 Å². The molecule has 2 N–H and O–H groups in total. The molecule has 146 valence electrons. The van der Waals surface area contributed by atoms with Crippen molar-refractivity contribution in [3.63, 3.8) is 0 Å². The molecule has 3 aromatic carbocycles. The molecule has 0 spiro atoms. The quantitative estimate of drug-likeness (QED) is 0.421. The van der Waals surface area contributed by atoms with Crippen LogP contribution in [-0.4, -0.2) is 15.9 Å². The van der Waals surface area contributed by atoms with Crippen LogP contribution in [0.4, 0.5) is 18.9 Å². The van der Waals surface area contributed by atoms with E-state index in [-0.39, 0.29) is 17.3 Å². The van der Waals surface area contributed by atoms with Gasteiger partial charge in [0.15, 0.2) is 0 Å². The molecule has 0 radical (unpaired) electrons. The highest BCUT2D eigenvalue weighted by atomic mass is 35.5. The lowest BCUT2D eigenvalue weighted by Gasteiger charge is -2.10. The number of nitrogens with zero attached hydrogens (tertiary/aromatic N) is 1. The van der Waals surface area contributed by atoms with Crippen LogP contribution in [0.5, 0.6) is 0 Å². The molecule has 0 aliphatic carbocycles. The number of carbonyl (C=O) groups excluding carboxylic acids is 1. The minimum Gasteiger partial charge on any atom is -0.338 e. The topological polar surface area (TPSA) is 57.8 Å². The number of imidazole rings is 1. The molecule has 0 atom stereocenters. The fraction of sp³-hybridized carbons (Fsp3) is 0.0476. The first-order valence-corrected chi connectivity index (χ1v) is 8.92. The lowest BCUT2D eigenvalue weighted by atomic mass is 10.1. The van der Waals surface area contributed by atoms with Crippen LogP contribution in [0.1, 0.15) is 15.9 Å². The van der Waals surface area contributed by atoms with Crippen molar-refractivity contribution in [2.24, 2.45) is 0 Å². The molecule has 1 heterocycles. The maximum atomic E-state index is 13.3. The van der Waals surface area contributed by atoms with Gasteiger partial charge in [-0.2, -0.15) is 13.2 Å². The molecule has 0 aliphatic rings. The van der Waals surface area contributed by atoms with Crippen LogP contribution in [0.3, 0.4) is 0 Å². The van der Waals surface area contributed by atoms with Crippen LogP contribution in [-0.2, 0) is 6.18 Å². The van der Waals surface area contributed by atoms with E-state index in [2.05, 4.69) is 15.3 Å². The van der Waals surface area contributed by atoms with Crippen molar-refractivity contribution >= 4 is 34.2 Å². The Kier molecular flexibility index (Phi) is 4.76. The number of amides is 1. The number of rotatable bonds is 3. The predicted molar refractivity (Wildman–Crippen MR) is 106 cm³/mol. The first-order chi connectivity index (χ1) is 13.8. The summed E-state index contributed by atoms with van der Waals surface area (Å²) >= 11 is 5.91. The zero-order valence-corrected chi connectivity index (χ0v) is 15.5. The minimum absolute atomic E-state index is 0.0545. The maximum absolute atomic E-state index is 13.3. The van der Waals surface area contributed by atoms with Crippen LogP contribution < -0.4 is 5.32 Å². The molecule has 4 aromatic rings. The van der Waals surface area contributed by atoms with Crippen LogP contribution in [0.15, 0.2) is 66.7 Å². The Morgan fingerprint density at radius 2 is 1.79 bits per heavy atom. The second-order valence-electron chi connectivity index (χ2n) is 6.33. The van der Waals surface area contributed by atoms with Gasteiger partial charge in [0.05, 0.1) is 16.6 Å². The standard InChI is InChI=1S/C21H13ClF3N3O/c22-13-4-3-5-14(11-13)26-20(29)12-8-9-17-18(10-12)28-19(27-17)15-6-1-2-7-16(15)21(23,24)25/h1-11H,(H,26,29)(H,27,28). The molecular weight excluding hydrogens is 403 g/mol. The molecule has 4 rings (SSSR count). The molecule has 8 heteroatoms. The first-order valence-electron chi connectivity index (χ1n) is 8.54. The number of hydrogen-bond acceptors (Lipinski definition) is 2. The van der Waals surface area contributed by atoms with Gasteiger partial charge < -0.3 is 10.3 Å².